The lowest BCUT2D eigenvalue weighted by molar-refractivity contribution is -0.137. The number of fused-ring (bicyclic) bond motifs is 1. The van der Waals surface area contributed by atoms with Crippen LogP contribution in [0.25, 0.3) is 0 Å². The molecule has 9 heteroatoms. The molecule has 2 saturated heterocycles. The van der Waals surface area contributed by atoms with Gasteiger partial charge in [0.25, 0.3) is 0 Å². The second kappa shape index (κ2) is 8.19. The van der Waals surface area contributed by atoms with E-state index >= 15 is 0 Å². The van der Waals surface area contributed by atoms with Gasteiger partial charge >= 0.3 is 6.18 Å². The van der Waals surface area contributed by atoms with Gasteiger partial charge in [-0.2, -0.15) is 13.2 Å². The Balaban J connectivity index is 1.27. The van der Waals surface area contributed by atoms with E-state index in [0.29, 0.717) is 31.7 Å². The number of ether oxygens (including phenoxy) is 2. The van der Waals surface area contributed by atoms with E-state index in [-0.39, 0.29) is 17.8 Å². The van der Waals surface area contributed by atoms with E-state index in [1.807, 2.05) is 24.3 Å². The largest absolute Gasteiger partial charge is 0.486 e. The minimum Gasteiger partial charge on any atom is -0.486 e. The summed E-state index contributed by atoms with van der Waals surface area (Å²) in [7, 11) is 0. The van der Waals surface area contributed by atoms with Gasteiger partial charge in [0, 0.05) is 25.3 Å². The molecule has 3 heterocycles. The number of hydrogen-bond donors (Lipinski definition) is 0. The molecule has 1 atom stereocenters. The Kier molecular flexibility index (Phi) is 5.49. The maximum absolute atomic E-state index is 13.2. The molecule has 1 unspecified atom stereocenters. The van der Waals surface area contributed by atoms with Crippen molar-refractivity contribution in [2.75, 3.05) is 36.9 Å². The number of nitrogens with zero attached hydrogens (tertiary/aromatic N) is 2. The molecule has 0 radical (unpaired) electrons. The molecule has 3 aliphatic rings. The summed E-state index contributed by atoms with van der Waals surface area (Å²) < 4.78 is 51.5. The van der Waals surface area contributed by atoms with Crippen LogP contribution in [0.3, 0.4) is 0 Å². The monoisotopic (exact) mass is 464 g/mol. The lowest BCUT2D eigenvalue weighted by atomic mass is 10.00. The summed E-state index contributed by atoms with van der Waals surface area (Å²) in [5.74, 6) is 1.64. The van der Waals surface area contributed by atoms with Gasteiger partial charge in [0.05, 0.1) is 16.2 Å². The maximum Gasteiger partial charge on any atom is 0.416 e. The highest BCUT2D eigenvalue weighted by molar-refractivity contribution is 8.02. The average Bonchev–Trinajstić information content (AvgIpc) is 3.10. The van der Waals surface area contributed by atoms with Crippen LogP contribution >= 0.6 is 11.8 Å². The molecule has 0 aliphatic carbocycles. The summed E-state index contributed by atoms with van der Waals surface area (Å²) in [6.07, 6.45) is -3.16. The summed E-state index contributed by atoms with van der Waals surface area (Å²) in [5, 5.41) is 0. The second-order valence-electron chi connectivity index (χ2n) is 8.31. The van der Waals surface area contributed by atoms with Crippen LogP contribution in [0, 0.1) is 0 Å². The van der Waals surface area contributed by atoms with Crippen LogP contribution < -0.4 is 14.4 Å². The number of thioether (sulfide) groups is 1. The summed E-state index contributed by atoms with van der Waals surface area (Å²) in [5.41, 5.74) is -0.411. The van der Waals surface area contributed by atoms with Gasteiger partial charge in [-0.1, -0.05) is 18.2 Å². The van der Waals surface area contributed by atoms with E-state index in [0.717, 1.165) is 36.7 Å². The Labute approximate surface area is 188 Å². The van der Waals surface area contributed by atoms with Gasteiger partial charge < -0.3 is 9.47 Å². The molecular formula is C23H23F3N2O3S. The normalized spacial score (nSPS) is 23.0. The number of likely N-dealkylation sites (tertiary alicyclic amines) is 1. The number of amides is 1. The van der Waals surface area contributed by atoms with Gasteiger partial charge in [-0.3, -0.25) is 14.6 Å². The third-order valence-corrected chi connectivity index (χ3v) is 7.74. The molecule has 2 aromatic rings. The van der Waals surface area contributed by atoms with Crippen molar-refractivity contribution in [3.63, 3.8) is 0 Å². The van der Waals surface area contributed by atoms with Crippen molar-refractivity contribution >= 4 is 23.4 Å². The highest BCUT2D eigenvalue weighted by Gasteiger charge is 2.49. The van der Waals surface area contributed by atoms with E-state index in [9.17, 15) is 18.0 Å². The van der Waals surface area contributed by atoms with Gasteiger partial charge in [0.2, 0.25) is 5.91 Å². The van der Waals surface area contributed by atoms with Gasteiger partial charge in [-0.15, -0.1) is 11.8 Å². The summed E-state index contributed by atoms with van der Waals surface area (Å²) in [6, 6.07) is 12.7. The summed E-state index contributed by atoms with van der Waals surface area (Å²) in [4.78, 5) is 16.1. The van der Waals surface area contributed by atoms with Gasteiger partial charge in [-0.25, -0.2) is 0 Å². The first-order valence-corrected chi connectivity index (χ1v) is 11.6. The number of carbonyl (C=O) groups excluding carboxylic acids is 1. The predicted molar refractivity (Wildman–Crippen MR) is 116 cm³/mol. The van der Waals surface area contributed by atoms with E-state index in [4.69, 9.17) is 9.47 Å². The number of alkyl halides is 3. The van der Waals surface area contributed by atoms with E-state index in [2.05, 4.69) is 4.90 Å². The molecule has 170 valence electrons. The Morgan fingerprint density at radius 2 is 1.81 bits per heavy atom. The minimum absolute atomic E-state index is 0.0867. The van der Waals surface area contributed by atoms with Gasteiger partial charge in [0.15, 0.2) is 11.5 Å². The molecule has 0 saturated carbocycles. The third kappa shape index (κ3) is 4.03. The lowest BCUT2D eigenvalue weighted by Gasteiger charge is -2.44. The van der Waals surface area contributed by atoms with Gasteiger partial charge in [0.1, 0.15) is 12.7 Å². The van der Waals surface area contributed by atoms with Crippen LogP contribution in [0.4, 0.5) is 18.9 Å². The number of carbonyl (C=O) groups is 1. The number of anilines is 1. The van der Waals surface area contributed by atoms with Crippen LogP contribution in [0.1, 0.15) is 18.4 Å². The van der Waals surface area contributed by atoms with Crippen LogP contribution in [0.2, 0.25) is 0 Å². The first-order chi connectivity index (χ1) is 15.3. The van der Waals surface area contributed by atoms with E-state index in [1.54, 1.807) is 22.7 Å². The van der Waals surface area contributed by atoms with Crippen LogP contribution in [-0.2, 0) is 11.0 Å². The molecule has 5 rings (SSSR count). The zero-order chi connectivity index (χ0) is 22.3. The lowest BCUT2D eigenvalue weighted by Crippen LogP contribution is -2.54. The molecule has 32 heavy (non-hydrogen) atoms. The second-order valence-corrected chi connectivity index (χ2v) is 9.65. The smallest absolute Gasteiger partial charge is 0.416 e. The van der Waals surface area contributed by atoms with Gasteiger partial charge in [-0.05, 0) is 43.2 Å². The summed E-state index contributed by atoms with van der Waals surface area (Å²) in [6.45, 7) is 2.64. The Morgan fingerprint density at radius 1 is 1.06 bits per heavy atom. The number of benzene rings is 2. The van der Waals surface area contributed by atoms with Crippen molar-refractivity contribution in [2.45, 2.75) is 30.0 Å². The topological polar surface area (TPSA) is 42.0 Å². The highest BCUT2D eigenvalue weighted by Crippen LogP contribution is 2.47. The third-order valence-electron chi connectivity index (χ3n) is 6.22. The van der Waals surface area contributed by atoms with Crippen LogP contribution in [-0.4, -0.2) is 53.8 Å². The van der Waals surface area contributed by atoms with Crippen molar-refractivity contribution in [3.8, 4) is 11.5 Å². The fourth-order valence-corrected chi connectivity index (χ4v) is 5.98. The fraction of sp³-hybridized carbons (Fsp3) is 0.435. The van der Waals surface area contributed by atoms with Crippen molar-refractivity contribution in [1.29, 1.82) is 0 Å². The number of hydrogen-bond acceptors (Lipinski definition) is 5. The summed E-state index contributed by atoms with van der Waals surface area (Å²) >= 11 is 1.54. The van der Waals surface area contributed by atoms with Crippen molar-refractivity contribution < 1.29 is 27.4 Å². The van der Waals surface area contributed by atoms with Crippen molar-refractivity contribution in [3.05, 3.63) is 54.1 Å². The molecule has 5 nitrogen and oxygen atoms in total. The minimum atomic E-state index is -4.44. The highest BCUT2D eigenvalue weighted by atomic mass is 32.2. The standard InChI is InChI=1S/C23H23F3N2O3S/c24-23(25,26)16-4-3-5-17(12-16)28-21(29)15-32-22(28)8-10-27(11-9-22)13-18-14-30-19-6-1-2-7-20(19)31-18/h1-7,12,18H,8-11,13-15H2. The zero-order valence-electron chi connectivity index (χ0n) is 17.3. The molecule has 2 aromatic carbocycles. The molecule has 2 fully saturated rings. The number of piperidine rings is 1. The molecule has 0 N–H and O–H groups in total. The maximum atomic E-state index is 13.2. The van der Waals surface area contributed by atoms with Crippen molar-refractivity contribution in [2.24, 2.45) is 0 Å². The Bertz CT molecular complexity index is 1010. The predicted octanol–water partition coefficient (Wildman–Crippen LogP) is 4.42. The van der Waals surface area contributed by atoms with E-state index < -0.39 is 16.6 Å². The van der Waals surface area contributed by atoms with Crippen LogP contribution in [0.5, 0.6) is 11.5 Å². The Morgan fingerprint density at radius 3 is 2.56 bits per heavy atom. The zero-order valence-corrected chi connectivity index (χ0v) is 18.1. The first kappa shape index (κ1) is 21.5. The first-order valence-electron chi connectivity index (χ1n) is 10.6. The SMILES string of the molecule is O=C1CSC2(CCN(CC3COc4ccccc4O3)CC2)N1c1cccc(C(F)(F)F)c1. The molecular weight excluding hydrogens is 441 g/mol. The van der Waals surface area contributed by atoms with E-state index in [1.165, 1.54) is 6.07 Å². The Hall–Kier alpha value is -2.39. The number of rotatable bonds is 3. The average molecular weight is 465 g/mol. The molecule has 0 aromatic heterocycles. The molecule has 1 amide bonds. The van der Waals surface area contributed by atoms with Crippen LogP contribution in [0.15, 0.2) is 48.5 Å². The fourth-order valence-electron chi connectivity index (χ4n) is 4.65. The molecule has 3 aliphatic heterocycles. The van der Waals surface area contributed by atoms with Crippen molar-refractivity contribution in [1.82, 2.24) is 4.90 Å². The quantitative estimate of drug-likeness (QED) is 0.673. The number of para-hydroxylation sites is 2. The molecule has 1 spiro atoms. The number of halogens is 3. The molecule has 0 bridgehead atoms.